The summed E-state index contributed by atoms with van der Waals surface area (Å²) in [6.07, 6.45) is 13.4. The fourth-order valence-electron chi connectivity index (χ4n) is 3.86. The number of unbranched alkanes of at least 4 members (excludes halogenated alkanes) is 1. The summed E-state index contributed by atoms with van der Waals surface area (Å²) in [5.41, 5.74) is 0. The molecule has 1 atom stereocenters. The normalized spacial score (nSPS) is 22.2. The molecule has 0 aromatic heterocycles. The monoisotopic (exact) mass is 373 g/mol. The second kappa shape index (κ2) is 11.4. The third-order valence-electron chi connectivity index (χ3n) is 5.31. The van der Waals surface area contributed by atoms with Crippen LogP contribution in [0.4, 0.5) is 0 Å². The largest absolute Gasteiger partial charge is 0.363 e. The Morgan fingerprint density at radius 3 is 2.50 bits per heavy atom. The summed E-state index contributed by atoms with van der Waals surface area (Å²) >= 11 is 5.40. The Morgan fingerprint density at radius 1 is 1.12 bits per heavy atom. The van der Waals surface area contributed by atoms with Crippen LogP contribution in [-0.2, 0) is 10.8 Å². The van der Waals surface area contributed by atoms with Gasteiger partial charge in [0, 0.05) is 55.0 Å². The van der Waals surface area contributed by atoms with Crippen molar-refractivity contribution in [2.45, 2.75) is 63.8 Å². The van der Waals surface area contributed by atoms with Crippen molar-refractivity contribution in [3.05, 3.63) is 0 Å². The molecular formula is C18H35N3OS2. The fourth-order valence-corrected chi connectivity index (χ4v) is 4.74. The highest BCUT2D eigenvalue weighted by molar-refractivity contribution is 7.84. The van der Waals surface area contributed by atoms with E-state index in [2.05, 4.69) is 15.5 Å². The minimum absolute atomic E-state index is 0.524. The van der Waals surface area contributed by atoms with E-state index in [1.54, 1.807) is 6.26 Å². The third-order valence-corrected chi connectivity index (χ3v) is 6.43. The Balaban J connectivity index is 1.52. The Bertz CT molecular complexity index is 392. The number of nitrogens with zero attached hydrogens (tertiary/aromatic N) is 1. The average Bonchev–Trinajstić information content (AvgIpc) is 2.57. The van der Waals surface area contributed by atoms with Crippen molar-refractivity contribution in [1.82, 2.24) is 15.5 Å². The second-order valence-corrected chi connectivity index (χ2v) is 9.43. The first-order valence-electron chi connectivity index (χ1n) is 9.70. The van der Waals surface area contributed by atoms with Gasteiger partial charge in [-0.15, -0.1) is 0 Å². The maximum Gasteiger partial charge on any atom is 0.166 e. The van der Waals surface area contributed by atoms with Gasteiger partial charge in [0.25, 0.3) is 0 Å². The Hall–Kier alpha value is -0.200. The van der Waals surface area contributed by atoms with Gasteiger partial charge in [-0.25, -0.2) is 0 Å². The van der Waals surface area contributed by atoms with Crippen LogP contribution in [0, 0.1) is 5.92 Å². The van der Waals surface area contributed by atoms with E-state index >= 15 is 0 Å². The van der Waals surface area contributed by atoms with Crippen molar-refractivity contribution < 1.29 is 4.21 Å². The minimum atomic E-state index is -0.673. The zero-order valence-electron chi connectivity index (χ0n) is 15.2. The van der Waals surface area contributed by atoms with E-state index in [1.807, 2.05) is 0 Å². The number of hydrogen-bond donors (Lipinski definition) is 2. The lowest BCUT2D eigenvalue weighted by Gasteiger charge is -2.36. The van der Waals surface area contributed by atoms with Gasteiger partial charge in [-0.3, -0.25) is 4.21 Å². The summed E-state index contributed by atoms with van der Waals surface area (Å²) in [5, 5.41) is 7.55. The van der Waals surface area contributed by atoms with Gasteiger partial charge in [0.1, 0.15) is 0 Å². The van der Waals surface area contributed by atoms with Gasteiger partial charge in [0.05, 0.1) is 0 Å². The highest BCUT2D eigenvalue weighted by atomic mass is 32.2. The van der Waals surface area contributed by atoms with Gasteiger partial charge in [-0.2, -0.15) is 0 Å². The number of likely N-dealkylation sites (tertiary alicyclic amines) is 1. The van der Waals surface area contributed by atoms with Gasteiger partial charge in [0.2, 0.25) is 0 Å². The molecule has 4 nitrogen and oxygen atoms in total. The van der Waals surface area contributed by atoms with Gasteiger partial charge in [0.15, 0.2) is 5.11 Å². The second-order valence-electron chi connectivity index (χ2n) is 7.46. The Kier molecular flexibility index (Phi) is 9.57. The fraction of sp³-hybridized carbons (Fsp3) is 0.944. The van der Waals surface area contributed by atoms with E-state index in [-0.39, 0.29) is 0 Å². The summed E-state index contributed by atoms with van der Waals surface area (Å²) in [4.78, 5) is 2.66. The lowest BCUT2D eigenvalue weighted by atomic mass is 9.88. The maximum absolute atomic E-state index is 11.0. The number of hydrogen-bond acceptors (Lipinski definition) is 3. The molecule has 0 amide bonds. The molecule has 0 aromatic carbocycles. The average molecular weight is 374 g/mol. The molecule has 2 fully saturated rings. The van der Waals surface area contributed by atoms with Gasteiger partial charge in [-0.1, -0.05) is 19.3 Å². The molecular weight excluding hydrogens is 338 g/mol. The van der Waals surface area contributed by atoms with Gasteiger partial charge >= 0.3 is 0 Å². The van der Waals surface area contributed by atoms with E-state index in [1.165, 1.54) is 64.6 Å². The first kappa shape index (κ1) is 20.1. The summed E-state index contributed by atoms with van der Waals surface area (Å²) in [7, 11) is -0.673. The standard InChI is InChI=1S/C18H35N3OS2/c1-24(22)14-6-5-11-19-18(23)20-17-9-12-21(13-10-17)15-16-7-3-2-4-8-16/h16-17H,2-15H2,1H3,(H2,19,20,23). The van der Waals surface area contributed by atoms with Crippen molar-refractivity contribution in [2.24, 2.45) is 5.92 Å². The molecule has 1 saturated heterocycles. The molecule has 0 spiro atoms. The molecule has 0 bridgehead atoms. The van der Waals surface area contributed by atoms with Gasteiger partial charge in [-0.05, 0) is 56.7 Å². The van der Waals surface area contributed by atoms with E-state index in [0.717, 1.165) is 36.2 Å². The zero-order valence-corrected chi connectivity index (χ0v) is 16.9. The predicted octanol–water partition coefficient (Wildman–Crippen LogP) is 2.65. The summed E-state index contributed by atoms with van der Waals surface area (Å²) in [5.74, 6) is 1.74. The van der Waals surface area contributed by atoms with Crippen LogP contribution in [0.5, 0.6) is 0 Å². The van der Waals surface area contributed by atoms with Crippen molar-refractivity contribution in [2.75, 3.05) is 38.2 Å². The first-order chi connectivity index (χ1) is 11.6. The molecule has 24 heavy (non-hydrogen) atoms. The molecule has 1 saturated carbocycles. The van der Waals surface area contributed by atoms with Crippen LogP contribution in [0.25, 0.3) is 0 Å². The molecule has 2 aliphatic rings. The SMILES string of the molecule is CS(=O)CCCCNC(=S)NC1CCN(CC2CCCCC2)CC1. The van der Waals surface area contributed by atoms with Crippen LogP contribution in [0.3, 0.4) is 0 Å². The molecule has 1 aliphatic carbocycles. The van der Waals surface area contributed by atoms with E-state index < -0.39 is 10.8 Å². The summed E-state index contributed by atoms with van der Waals surface area (Å²) < 4.78 is 11.0. The van der Waals surface area contributed by atoms with Crippen LogP contribution < -0.4 is 10.6 Å². The number of piperidine rings is 1. The van der Waals surface area contributed by atoms with Crippen molar-refractivity contribution in [3.63, 3.8) is 0 Å². The molecule has 2 N–H and O–H groups in total. The quantitative estimate of drug-likeness (QED) is 0.506. The molecule has 140 valence electrons. The predicted molar refractivity (Wildman–Crippen MR) is 108 cm³/mol. The number of rotatable bonds is 8. The molecule has 1 unspecified atom stereocenters. The van der Waals surface area contributed by atoms with Crippen molar-refractivity contribution in [3.8, 4) is 0 Å². The van der Waals surface area contributed by atoms with Crippen LogP contribution >= 0.6 is 12.2 Å². The highest BCUT2D eigenvalue weighted by Gasteiger charge is 2.22. The zero-order chi connectivity index (χ0) is 17.2. The summed E-state index contributed by atoms with van der Waals surface area (Å²) in [6.45, 7) is 4.61. The molecule has 0 radical (unpaired) electrons. The van der Waals surface area contributed by atoms with Crippen LogP contribution in [-0.4, -0.2) is 58.5 Å². The highest BCUT2D eigenvalue weighted by Crippen LogP contribution is 2.25. The number of nitrogens with one attached hydrogen (secondary N) is 2. The van der Waals surface area contributed by atoms with Crippen molar-refractivity contribution in [1.29, 1.82) is 0 Å². The lowest BCUT2D eigenvalue weighted by molar-refractivity contribution is 0.160. The smallest absolute Gasteiger partial charge is 0.166 e. The maximum atomic E-state index is 11.0. The van der Waals surface area contributed by atoms with Crippen LogP contribution in [0.15, 0.2) is 0 Å². The molecule has 1 heterocycles. The Morgan fingerprint density at radius 2 is 1.83 bits per heavy atom. The first-order valence-corrected chi connectivity index (χ1v) is 11.8. The minimum Gasteiger partial charge on any atom is -0.363 e. The molecule has 2 rings (SSSR count). The Labute approximate surface area is 156 Å². The van der Waals surface area contributed by atoms with Crippen LogP contribution in [0.2, 0.25) is 0 Å². The number of thiocarbonyl (C=S) groups is 1. The third kappa shape index (κ3) is 8.26. The lowest BCUT2D eigenvalue weighted by Crippen LogP contribution is -2.48. The van der Waals surface area contributed by atoms with E-state index in [4.69, 9.17) is 12.2 Å². The van der Waals surface area contributed by atoms with E-state index in [9.17, 15) is 4.21 Å². The molecule has 1 aliphatic heterocycles. The summed E-state index contributed by atoms with van der Waals surface area (Å²) in [6, 6.07) is 0.524. The van der Waals surface area contributed by atoms with Crippen molar-refractivity contribution >= 4 is 28.1 Å². The molecule has 0 aromatic rings. The van der Waals surface area contributed by atoms with E-state index in [0.29, 0.717) is 6.04 Å². The van der Waals surface area contributed by atoms with Crippen LogP contribution in [0.1, 0.15) is 57.8 Å². The topological polar surface area (TPSA) is 44.4 Å². The van der Waals surface area contributed by atoms with Gasteiger partial charge < -0.3 is 15.5 Å². The molecule has 6 heteroatoms.